The molecule has 2 aromatic rings. The van der Waals surface area contributed by atoms with Crippen LogP contribution in [0.4, 0.5) is 5.69 Å². The Morgan fingerprint density at radius 2 is 1.88 bits per heavy atom. The maximum atomic E-state index is 12.0. The lowest BCUT2D eigenvalue weighted by atomic mass is 10.2. The molecule has 0 heterocycles. The molecular formula is C17H16IN3O3. The predicted molar refractivity (Wildman–Crippen MR) is 102 cm³/mol. The van der Waals surface area contributed by atoms with Crippen LogP contribution in [0.25, 0.3) is 0 Å². The topological polar surface area (TPSA) is 79.8 Å². The molecular weight excluding hydrogens is 421 g/mol. The van der Waals surface area contributed by atoms with E-state index >= 15 is 0 Å². The number of benzene rings is 2. The molecule has 0 aliphatic carbocycles. The third kappa shape index (κ3) is 5.05. The van der Waals surface area contributed by atoms with Gasteiger partial charge in [-0.15, -0.1) is 0 Å². The number of methoxy groups -OCH3 is 1. The number of rotatable bonds is 5. The van der Waals surface area contributed by atoms with Gasteiger partial charge in [-0.2, -0.15) is 5.10 Å². The van der Waals surface area contributed by atoms with Crippen LogP contribution in [0.2, 0.25) is 0 Å². The molecule has 0 radical (unpaired) electrons. The second-order valence-electron chi connectivity index (χ2n) is 4.85. The van der Waals surface area contributed by atoms with Gasteiger partial charge in [-0.3, -0.25) is 9.59 Å². The molecule has 0 saturated carbocycles. The van der Waals surface area contributed by atoms with Gasteiger partial charge in [0.05, 0.1) is 16.9 Å². The first-order valence-electron chi connectivity index (χ1n) is 7.04. The number of carbonyl (C=O) groups is 2. The van der Waals surface area contributed by atoms with Gasteiger partial charge < -0.3 is 10.1 Å². The molecule has 0 bridgehead atoms. The standard InChI is InChI=1S/C17H16IN3O3/c1-11(22)20-14-6-4-13(5-7-14)17(23)21-19-10-12-3-8-16(24-2)15(18)9-12/h3-10H,1-2H3,(H,20,22)(H,21,23). The minimum Gasteiger partial charge on any atom is -0.496 e. The molecule has 0 fully saturated rings. The average Bonchev–Trinajstić information content (AvgIpc) is 2.55. The van der Waals surface area contributed by atoms with E-state index in [1.54, 1.807) is 37.6 Å². The second-order valence-corrected chi connectivity index (χ2v) is 6.01. The Hall–Kier alpha value is -2.42. The number of hydrogen-bond acceptors (Lipinski definition) is 4. The first kappa shape index (κ1) is 17.9. The molecule has 0 aliphatic rings. The van der Waals surface area contributed by atoms with E-state index in [9.17, 15) is 9.59 Å². The van der Waals surface area contributed by atoms with Crippen molar-refractivity contribution in [2.24, 2.45) is 5.10 Å². The summed E-state index contributed by atoms with van der Waals surface area (Å²) < 4.78 is 6.14. The highest BCUT2D eigenvalue weighted by atomic mass is 127. The molecule has 2 N–H and O–H groups in total. The smallest absolute Gasteiger partial charge is 0.271 e. The van der Waals surface area contributed by atoms with Crippen LogP contribution in [0.5, 0.6) is 5.75 Å². The Labute approximate surface area is 153 Å². The van der Waals surface area contributed by atoms with E-state index in [1.807, 2.05) is 18.2 Å². The summed E-state index contributed by atoms with van der Waals surface area (Å²) in [5.41, 5.74) is 4.40. The molecule has 0 aromatic heterocycles. The van der Waals surface area contributed by atoms with Crippen LogP contribution < -0.4 is 15.5 Å². The lowest BCUT2D eigenvalue weighted by Gasteiger charge is -2.04. The predicted octanol–water partition coefficient (Wildman–Crippen LogP) is 3.02. The third-order valence-corrected chi connectivity index (χ3v) is 3.87. The van der Waals surface area contributed by atoms with E-state index < -0.39 is 0 Å². The van der Waals surface area contributed by atoms with Gasteiger partial charge in [0.15, 0.2) is 0 Å². The number of amides is 2. The molecule has 0 spiro atoms. The SMILES string of the molecule is COc1ccc(C=NNC(=O)c2ccc(NC(C)=O)cc2)cc1I. The van der Waals surface area contributed by atoms with Crippen LogP contribution in [-0.4, -0.2) is 25.1 Å². The Bertz CT molecular complexity index is 773. The van der Waals surface area contributed by atoms with Crippen molar-refractivity contribution in [3.05, 3.63) is 57.2 Å². The highest BCUT2D eigenvalue weighted by Gasteiger charge is 2.04. The average molecular weight is 437 g/mol. The zero-order chi connectivity index (χ0) is 17.5. The summed E-state index contributed by atoms with van der Waals surface area (Å²) in [6, 6.07) is 12.1. The van der Waals surface area contributed by atoms with Crippen LogP contribution >= 0.6 is 22.6 Å². The third-order valence-electron chi connectivity index (χ3n) is 3.02. The van der Waals surface area contributed by atoms with Crippen molar-refractivity contribution in [2.45, 2.75) is 6.92 Å². The Morgan fingerprint density at radius 3 is 2.46 bits per heavy atom. The molecule has 0 saturated heterocycles. The van der Waals surface area contributed by atoms with Crippen LogP contribution in [0.15, 0.2) is 47.6 Å². The molecule has 2 aromatic carbocycles. The number of nitrogens with zero attached hydrogens (tertiary/aromatic N) is 1. The van der Waals surface area contributed by atoms with E-state index in [1.165, 1.54) is 6.92 Å². The van der Waals surface area contributed by atoms with Crippen molar-refractivity contribution in [1.82, 2.24) is 5.43 Å². The van der Waals surface area contributed by atoms with Gasteiger partial charge in [0.25, 0.3) is 5.91 Å². The van der Waals surface area contributed by atoms with E-state index in [-0.39, 0.29) is 11.8 Å². The van der Waals surface area contributed by atoms with Gasteiger partial charge in [0.2, 0.25) is 5.91 Å². The highest BCUT2D eigenvalue weighted by Crippen LogP contribution is 2.20. The summed E-state index contributed by atoms with van der Waals surface area (Å²) in [6.45, 7) is 1.43. The summed E-state index contributed by atoms with van der Waals surface area (Å²) in [5.74, 6) is 0.297. The quantitative estimate of drug-likeness (QED) is 0.429. The number of ether oxygens (including phenoxy) is 1. The zero-order valence-corrected chi connectivity index (χ0v) is 15.3. The summed E-state index contributed by atoms with van der Waals surface area (Å²) in [5, 5.41) is 6.59. The van der Waals surface area contributed by atoms with Gasteiger partial charge >= 0.3 is 0 Å². The number of nitrogens with one attached hydrogen (secondary N) is 2. The largest absolute Gasteiger partial charge is 0.496 e. The van der Waals surface area contributed by atoms with Crippen molar-refractivity contribution in [3.8, 4) is 5.75 Å². The van der Waals surface area contributed by atoms with Crippen LogP contribution in [0.1, 0.15) is 22.8 Å². The first-order chi connectivity index (χ1) is 11.5. The second kappa shape index (κ2) is 8.44. The maximum Gasteiger partial charge on any atom is 0.271 e. The van der Waals surface area contributed by atoms with E-state index in [0.717, 1.165) is 14.9 Å². The summed E-state index contributed by atoms with van der Waals surface area (Å²) in [4.78, 5) is 23.0. The van der Waals surface area contributed by atoms with Gasteiger partial charge in [-0.05, 0) is 70.6 Å². The summed E-state index contributed by atoms with van der Waals surface area (Å²) in [7, 11) is 1.61. The van der Waals surface area contributed by atoms with Crippen molar-refractivity contribution < 1.29 is 14.3 Å². The van der Waals surface area contributed by atoms with Gasteiger partial charge in [0.1, 0.15) is 5.75 Å². The molecule has 124 valence electrons. The number of hydrazone groups is 1. The van der Waals surface area contributed by atoms with E-state index in [4.69, 9.17) is 4.74 Å². The van der Waals surface area contributed by atoms with Crippen molar-refractivity contribution in [2.75, 3.05) is 12.4 Å². The molecule has 6 nitrogen and oxygen atoms in total. The molecule has 7 heteroatoms. The fraction of sp³-hybridized carbons (Fsp3) is 0.118. The van der Waals surface area contributed by atoms with Gasteiger partial charge in [0, 0.05) is 18.2 Å². The Balaban J connectivity index is 1.97. The van der Waals surface area contributed by atoms with E-state index in [0.29, 0.717) is 11.3 Å². The van der Waals surface area contributed by atoms with Crippen molar-refractivity contribution in [3.63, 3.8) is 0 Å². The summed E-state index contributed by atoms with van der Waals surface area (Å²) in [6.07, 6.45) is 1.56. The van der Waals surface area contributed by atoms with Gasteiger partial charge in [-0.1, -0.05) is 0 Å². The molecule has 24 heavy (non-hydrogen) atoms. The molecule has 2 amide bonds. The number of anilines is 1. The summed E-state index contributed by atoms with van der Waals surface area (Å²) >= 11 is 2.17. The zero-order valence-electron chi connectivity index (χ0n) is 13.2. The molecule has 0 atom stereocenters. The monoisotopic (exact) mass is 437 g/mol. The van der Waals surface area contributed by atoms with Crippen molar-refractivity contribution in [1.29, 1.82) is 0 Å². The minimum atomic E-state index is -0.330. The molecule has 0 unspecified atom stereocenters. The number of carbonyl (C=O) groups excluding carboxylic acids is 2. The molecule has 2 rings (SSSR count). The lowest BCUT2D eigenvalue weighted by Crippen LogP contribution is -2.17. The highest BCUT2D eigenvalue weighted by molar-refractivity contribution is 14.1. The Kier molecular flexibility index (Phi) is 6.30. The number of halogens is 1. The fourth-order valence-corrected chi connectivity index (χ4v) is 2.66. The first-order valence-corrected chi connectivity index (χ1v) is 8.12. The maximum absolute atomic E-state index is 12.0. The minimum absolute atomic E-state index is 0.161. The van der Waals surface area contributed by atoms with Crippen molar-refractivity contribution >= 4 is 46.3 Å². The Morgan fingerprint density at radius 1 is 1.17 bits per heavy atom. The molecule has 0 aliphatic heterocycles. The van der Waals surface area contributed by atoms with Crippen LogP contribution in [0, 0.1) is 3.57 Å². The normalized spacial score (nSPS) is 10.5. The fourth-order valence-electron chi connectivity index (χ4n) is 1.90. The van der Waals surface area contributed by atoms with Crippen LogP contribution in [0.3, 0.4) is 0 Å². The van der Waals surface area contributed by atoms with Gasteiger partial charge in [-0.25, -0.2) is 5.43 Å². The van der Waals surface area contributed by atoms with E-state index in [2.05, 4.69) is 38.4 Å². The number of hydrogen-bond donors (Lipinski definition) is 2. The van der Waals surface area contributed by atoms with Crippen LogP contribution in [-0.2, 0) is 4.79 Å². The lowest BCUT2D eigenvalue weighted by molar-refractivity contribution is -0.114.